The molecular formula is C16H23Cl2NO. The molecule has 1 saturated carbocycles. The minimum Gasteiger partial charge on any atom is -0.392 e. The summed E-state index contributed by atoms with van der Waals surface area (Å²) in [6.07, 6.45) is 6.19. The average Bonchev–Trinajstić information content (AvgIpc) is 2.64. The van der Waals surface area contributed by atoms with Crippen LogP contribution in [0.25, 0.3) is 0 Å². The largest absolute Gasteiger partial charge is 0.392 e. The summed E-state index contributed by atoms with van der Waals surface area (Å²) in [4.78, 5) is 0. The van der Waals surface area contributed by atoms with Gasteiger partial charge in [-0.1, -0.05) is 55.5 Å². The average molecular weight is 316 g/mol. The monoisotopic (exact) mass is 315 g/mol. The highest BCUT2D eigenvalue weighted by Crippen LogP contribution is 2.28. The molecule has 0 heterocycles. The van der Waals surface area contributed by atoms with Crippen molar-refractivity contribution >= 4 is 23.2 Å². The van der Waals surface area contributed by atoms with Gasteiger partial charge in [0.25, 0.3) is 0 Å². The summed E-state index contributed by atoms with van der Waals surface area (Å²) in [6.45, 7) is 2.14. The van der Waals surface area contributed by atoms with Crippen LogP contribution in [0.2, 0.25) is 10.0 Å². The first-order valence-corrected chi connectivity index (χ1v) is 8.26. The number of hydrogen-bond donors (Lipinski definition) is 2. The molecule has 0 aromatic heterocycles. The van der Waals surface area contributed by atoms with Crippen molar-refractivity contribution in [2.75, 3.05) is 0 Å². The molecule has 2 N–H and O–H groups in total. The van der Waals surface area contributed by atoms with Crippen LogP contribution in [0, 0.1) is 0 Å². The van der Waals surface area contributed by atoms with Gasteiger partial charge in [-0.3, -0.25) is 0 Å². The lowest BCUT2D eigenvalue weighted by Crippen LogP contribution is -2.41. The van der Waals surface area contributed by atoms with Gasteiger partial charge in [-0.05, 0) is 37.0 Å². The molecule has 2 nitrogen and oxygen atoms in total. The SMILES string of the molecule is CCC(NC1CCCCCC1O)c1ccc(Cl)c(Cl)c1. The molecule has 0 radical (unpaired) electrons. The van der Waals surface area contributed by atoms with Gasteiger partial charge in [-0.25, -0.2) is 0 Å². The quantitative estimate of drug-likeness (QED) is 0.787. The molecule has 0 saturated heterocycles. The van der Waals surface area contributed by atoms with Crippen LogP contribution in [0.15, 0.2) is 18.2 Å². The first-order valence-electron chi connectivity index (χ1n) is 7.51. The summed E-state index contributed by atoms with van der Waals surface area (Å²) < 4.78 is 0. The number of benzene rings is 1. The maximum absolute atomic E-state index is 10.2. The lowest BCUT2D eigenvalue weighted by molar-refractivity contribution is 0.113. The third kappa shape index (κ3) is 4.11. The molecule has 1 aliphatic rings. The van der Waals surface area contributed by atoms with Crippen molar-refractivity contribution in [3.63, 3.8) is 0 Å². The number of hydrogen-bond acceptors (Lipinski definition) is 2. The number of rotatable bonds is 4. The zero-order chi connectivity index (χ0) is 14.5. The van der Waals surface area contributed by atoms with Crippen molar-refractivity contribution in [1.29, 1.82) is 0 Å². The smallest absolute Gasteiger partial charge is 0.0693 e. The first kappa shape index (κ1) is 16.1. The summed E-state index contributed by atoms with van der Waals surface area (Å²) >= 11 is 12.1. The van der Waals surface area contributed by atoms with E-state index in [0.717, 1.165) is 31.2 Å². The van der Waals surface area contributed by atoms with E-state index in [-0.39, 0.29) is 18.2 Å². The molecule has 3 unspecified atom stereocenters. The van der Waals surface area contributed by atoms with Crippen LogP contribution in [0.3, 0.4) is 0 Å². The second kappa shape index (κ2) is 7.65. The maximum atomic E-state index is 10.2. The number of aliphatic hydroxyl groups excluding tert-OH is 1. The zero-order valence-electron chi connectivity index (χ0n) is 11.9. The predicted molar refractivity (Wildman–Crippen MR) is 85.5 cm³/mol. The van der Waals surface area contributed by atoms with Crippen LogP contribution >= 0.6 is 23.2 Å². The molecule has 112 valence electrons. The molecule has 1 aromatic rings. The Hall–Kier alpha value is -0.280. The van der Waals surface area contributed by atoms with Gasteiger partial charge in [0.05, 0.1) is 16.1 Å². The van der Waals surface area contributed by atoms with Gasteiger partial charge in [0.2, 0.25) is 0 Å². The lowest BCUT2D eigenvalue weighted by atomic mass is 9.99. The van der Waals surface area contributed by atoms with E-state index >= 15 is 0 Å². The van der Waals surface area contributed by atoms with Crippen molar-refractivity contribution < 1.29 is 5.11 Å². The summed E-state index contributed by atoms with van der Waals surface area (Å²) in [7, 11) is 0. The summed E-state index contributed by atoms with van der Waals surface area (Å²) in [5, 5.41) is 15.0. The minimum atomic E-state index is -0.241. The van der Waals surface area contributed by atoms with Gasteiger partial charge >= 0.3 is 0 Å². The van der Waals surface area contributed by atoms with Crippen LogP contribution in [0.1, 0.15) is 57.1 Å². The fourth-order valence-corrected chi connectivity index (χ4v) is 3.23. The van der Waals surface area contributed by atoms with Crippen LogP contribution in [-0.4, -0.2) is 17.3 Å². The molecule has 1 aromatic carbocycles. The minimum absolute atomic E-state index is 0.178. The van der Waals surface area contributed by atoms with Crippen LogP contribution in [-0.2, 0) is 0 Å². The van der Waals surface area contributed by atoms with Crippen molar-refractivity contribution in [3.05, 3.63) is 33.8 Å². The Morgan fingerprint density at radius 2 is 1.95 bits per heavy atom. The summed E-state index contributed by atoms with van der Waals surface area (Å²) in [5.74, 6) is 0. The Morgan fingerprint density at radius 3 is 2.65 bits per heavy atom. The molecule has 0 bridgehead atoms. The zero-order valence-corrected chi connectivity index (χ0v) is 13.4. The van der Waals surface area contributed by atoms with Gasteiger partial charge < -0.3 is 10.4 Å². The van der Waals surface area contributed by atoms with E-state index in [1.165, 1.54) is 12.8 Å². The van der Waals surface area contributed by atoms with E-state index in [1.807, 2.05) is 18.2 Å². The normalized spacial score (nSPS) is 25.2. The standard InChI is InChI=1S/C16H23Cl2NO/c1-2-14(11-8-9-12(17)13(18)10-11)19-15-6-4-3-5-7-16(15)20/h8-10,14-16,19-20H,2-7H2,1H3. The molecule has 1 fully saturated rings. The van der Waals surface area contributed by atoms with E-state index in [1.54, 1.807) is 0 Å². The molecule has 0 amide bonds. The van der Waals surface area contributed by atoms with Crippen LogP contribution < -0.4 is 5.32 Å². The van der Waals surface area contributed by atoms with E-state index in [4.69, 9.17) is 23.2 Å². The topological polar surface area (TPSA) is 32.3 Å². The Labute approximate surface area is 131 Å². The van der Waals surface area contributed by atoms with Gasteiger partial charge in [0.15, 0.2) is 0 Å². The van der Waals surface area contributed by atoms with E-state index in [9.17, 15) is 5.11 Å². The molecule has 4 heteroatoms. The highest BCUT2D eigenvalue weighted by molar-refractivity contribution is 6.42. The Bertz CT molecular complexity index is 438. The summed E-state index contributed by atoms with van der Waals surface area (Å²) in [6, 6.07) is 6.17. The molecule has 20 heavy (non-hydrogen) atoms. The van der Waals surface area contributed by atoms with E-state index in [2.05, 4.69) is 12.2 Å². The van der Waals surface area contributed by atoms with Gasteiger partial charge in [0, 0.05) is 12.1 Å². The highest BCUT2D eigenvalue weighted by atomic mass is 35.5. The maximum Gasteiger partial charge on any atom is 0.0693 e. The summed E-state index contributed by atoms with van der Waals surface area (Å²) in [5.41, 5.74) is 1.14. The molecule has 2 rings (SSSR count). The fourth-order valence-electron chi connectivity index (χ4n) is 2.92. The second-order valence-corrected chi connectivity index (χ2v) is 6.43. The predicted octanol–water partition coefficient (Wildman–Crippen LogP) is 4.73. The van der Waals surface area contributed by atoms with Gasteiger partial charge in [-0.15, -0.1) is 0 Å². The van der Waals surface area contributed by atoms with E-state index in [0.29, 0.717) is 10.0 Å². The Morgan fingerprint density at radius 1 is 1.20 bits per heavy atom. The third-order valence-electron chi connectivity index (χ3n) is 4.15. The Balaban J connectivity index is 2.09. The van der Waals surface area contributed by atoms with Crippen LogP contribution in [0.4, 0.5) is 0 Å². The highest BCUT2D eigenvalue weighted by Gasteiger charge is 2.24. The van der Waals surface area contributed by atoms with Gasteiger partial charge in [-0.2, -0.15) is 0 Å². The number of aliphatic hydroxyl groups is 1. The van der Waals surface area contributed by atoms with Crippen LogP contribution in [0.5, 0.6) is 0 Å². The molecule has 3 atom stereocenters. The van der Waals surface area contributed by atoms with E-state index < -0.39 is 0 Å². The van der Waals surface area contributed by atoms with Crippen molar-refractivity contribution in [3.8, 4) is 0 Å². The molecule has 0 spiro atoms. The molecule has 0 aliphatic heterocycles. The van der Waals surface area contributed by atoms with Crippen molar-refractivity contribution in [1.82, 2.24) is 5.32 Å². The molecular weight excluding hydrogens is 293 g/mol. The first-order chi connectivity index (χ1) is 9.61. The third-order valence-corrected chi connectivity index (χ3v) is 4.89. The second-order valence-electron chi connectivity index (χ2n) is 5.61. The van der Waals surface area contributed by atoms with Crippen molar-refractivity contribution in [2.45, 2.75) is 63.6 Å². The molecule has 1 aliphatic carbocycles. The number of nitrogens with one attached hydrogen (secondary N) is 1. The number of halogens is 2. The Kier molecular flexibility index (Phi) is 6.16. The fraction of sp³-hybridized carbons (Fsp3) is 0.625. The van der Waals surface area contributed by atoms with Gasteiger partial charge in [0.1, 0.15) is 0 Å². The van der Waals surface area contributed by atoms with Crippen molar-refractivity contribution in [2.24, 2.45) is 0 Å². The lowest BCUT2D eigenvalue weighted by Gasteiger charge is -2.28.